The molecule has 1 aromatic rings. The zero-order valence-corrected chi connectivity index (χ0v) is 12.1. The Morgan fingerprint density at radius 3 is 3.00 bits per heavy atom. The summed E-state index contributed by atoms with van der Waals surface area (Å²) in [7, 11) is 0. The van der Waals surface area contributed by atoms with Gasteiger partial charge in [0, 0.05) is 17.5 Å². The molecule has 1 aliphatic carbocycles. The Hall–Kier alpha value is -0.230. The van der Waals surface area contributed by atoms with Gasteiger partial charge in [0.05, 0.1) is 0 Å². The highest BCUT2D eigenvalue weighted by Crippen LogP contribution is 2.31. The van der Waals surface area contributed by atoms with E-state index in [1.165, 1.54) is 24.2 Å². The number of thioether (sulfide) groups is 1. The smallest absolute Gasteiger partial charge is 0.262 e. The lowest BCUT2D eigenvalue weighted by atomic mass is 10.2. The molecule has 96 valence electrons. The largest absolute Gasteiger partial charge is 0.350 e. The average molecular weight is 293 g/mol. The first-order chi connectivity index (χ1) is 7.72. The minimum absolute atomic E-state index is 0. The molecule has 6 heteroatoms. The van der Waals surface area contributed by atoms with Crippen LogP contribution in [-0.4, -0.2) is 24.7 Å². The third-order valence-corrected chi connectivity index (χ3v) is 4.60. The number of thiophene rings is 1. The van der Waals surface area contributed by atoms with Crippen LogP contribution >= 0.6 is 35.5 Å². The molecule has 3 N–H and O–H groups in total. The summed E-state index contributed by atoms with van der Waals surface area (Å²) in [6, 6.07) is 2.10. The van der Waals surface area contributed by atoms with E-state index in [2.05, 4.69) is 5.32 Å². The van der Waals surface area contributed by atoms with Gasteiger partial charge in [-0.15, -0.1) is 35.5 Å². The molecule has 0 bridgehead atoms. The van der Waals surface area contributed by atoms with Crippen molar-refractivity contribution >= 4 is 41.4 Å². The first-order valence-electron chi connectivity index (χ1n) is 5.37. The Balaban J connectivity index is 0.00000144. The van der Waals surface area contributed by atoms with Crippen LogP contribution in [-0.2, 0) is 0 Å². The van der Waals surface area contributed by atoms with E-state index < -0.39 is 0 Å². The van der Waals surface area contributed by atoms with Crippen molar-refractivity contribution in [2.45, 2.75) is 23.8 Å². The monoisotopic (exact) mass is 292 g/mol. The summed E-state index contributed by atoms with van der Waals surface area (Å²) in [5.74, 6) is 0.638. The van der Waals surface area contributed by atoms with Crippen LogP contribution in [0.15, 0.2) is 16.3 Å². The lowest BCUT2D eigenvalue weighted by Crippen LogP contribution is -2.38. The maximum atomic E-state index is 11.9. The van der Waals surface area contributed by atoms with Gasteiger partial charge in [-0.3, -0.25) is 4.79 Å². The van der Waals surface area contributed by atoms with Crippen LogP contribution in [0.1, 0.15) is 22.5 Å². The highest BCUT2D eigenvalue weighted by molar-refractivity contribution is 7.98. The Kier molecular flexibility index (Phi) is 5.79. The second kappa shape index (κ2) is 6.64. The zero-order chi connectivity index (χ0) is 11.5. The second-order valence-electron chi connectivity index (χ2n) is 4.03. The molecular weight excluding hydrogens is 276 g/mol. The topological polar surface area (TPSA) is 55.1 Å². The molecule has 1 unspecified atom stereocenters. The van der Waals surface area contributed by atoms with Crippen LogP contribution < -0.4 is 11.1 Å². The predicted molar refractivity (Wildman–Crippen MR) is 76.4 cm³/mol. The van der Waals surface area contributed by atoms with Crippen LogP contribution in [0, 0.1) is 5.92 Å². The molecule has 17 heavy (non-hydrogen) atoms. The zero-order valence-electron chi connectivity index (χ0n) is 9.64. The standard InChI is InChI=1S/C11H16N2OS2.ClH/c1-15-9-4-5-16-10(9)11(14)13-6-8(12)7-2-3-7;/h4-5,7-8H,2-3,6,12H2,1H3,(H,13,14);1H. The average Bonchev–Trinajstić information content (AvgIpc) is 3.03. The molecule has 0 aromatic carbocycles. The van der Waals surface area contributed by atoms with E-state index in [-0.39, 0.29) is 24.4 Å². The van der Waals surface area contributed by atoms with Crippen molar-refractivity contribution in [3.8, 4) is 0 Å². The van der Waals surface area contributed by atoms with Gasteiger partial charge in [-0.25, -0.2) is 0 Å². The second-order valence-corrected chi connectivity index (χ2v) is 5.79. The fourth-order valence-electron chi connectivity index (χ4n) is 1.61. The first-order valence-corrected chi connectivity index (χ1v) is 7.48. The van der Waals surface area contributed by atoms with Gasteiger partial charge >= 0.3 is 0 Å². The molecule has 1 saturated carbocycles. The molecule has 1 aromatic heterocycles. The van der Waals surface area contributed by atoms with Gasteiger partial charge in [0.25, 0.3) is 5.91 Å². The maximum Gasteiger partial charge on any atom is 0.262 e. The third-order valence-electron chi connectivity index (χ3n) is 2.78. The molecule has 2 rings (SSSR count). The number of amides is 1. The summed E-state index contributed by atoms with van der Waals surface area (Å²) in [4.78, 5) is 13.7. The molecule has 1 aliphatic rings. The van der Waals surface area contributed by atoms with Gasteiger partial charge in [-0.05, 0) is 36.5 Å². The number of halogens is 1. The molecule has 3 nitrogen and oxygen atoms in total. The van der Waals surface area contributed by atoms with E-state index in [1.807, 2.05) is 17.7 Å². The molecule has 1 amide bonds. The summed E-state index contributed by atoms with van der Waals surface area (Å²) < 4.78 is 0. The Labute approximate surface area is 116 Å². The van der Waals surface area contributed by atoms with E-state index >= 15 is 0 Å². The molecule has 0 spiro atoms. The normalized spacial score (nSPS) is 16.1. The van der Waals surface area contributed by atoms with Crippen LogP contribution in [0.4, 0.5) is 0 Å². The van der Waals surface area contributed by atoms with Crippen LogP contribution in [0.25, 0.3) is 0 Å². The van der Waals surface area contributed by atoms with Crippen molar-refractivity contribution in [3.05, 3.63) is 16.3 Å². The third kappa shape index (κ3) is 3.88. The Bertz CT molecular complexity index is 379. The van der Waals surface area contributed by atoms with Gasteiger partial charge in [-0.1, -0.05) is 0 Å². The van der Waals surface area contributed by atoms with Crippen LogP contribution in [0.3, 0.4) is 0 Å². The van der Waals surface area contributed by atoms with Crippen molar-refractivity contribution < 1.29 is 4.79 Å². The van der Waals surface area contributed by atoms with E-state index in [9.17, 15) is 4.79 Å². The van der Waals surface area contributed by atoms with Crippen LogP contribution in [0.2, 0.25) is 0 Å². The van der Waals surface area contributed by atoms with E-state index in [0.29, 0.717) is 12.5 Å². The summed E-state index contributed by atoms with van der Waals surface area (Å²) in [5, 5.41) is 4.86. The Morgan fingerprint density at radius 1 is 1.71 bits per heavy atom. The highest BCUT2D eigenvalue weighted by atomic mass is 35.5. The minimum Gasteiger partial charge on any atom is -0.350 e. The molecule has 1 fully saturated rings. The summed E-state index contributed by atoms with van der Waals surface area (Å²) in [6.45, 7) is 0.592. The number of hydrogen-bond donors (Lipinski definition) is 2. The van der Waals surface area contributed by atoms with Gasteiger partial charge in [0.15, 0.2) is 0 Å². The maximum absolute atomic E-state index is 11.9. The summed E-state index contributed by atoms with van der Waals surface area (Å²) >= 11 is 3.09. The van der Waals surface area contributed by atoms with Crippen molar-refractivity contribution in [2.75, 3.05) is 12.8 Å². The number of carbonyl (C=O) groups excluding carboxylic acids is 1. The summed E-state index contributed by atoms with van der Waals surface area (Å²) in [6.07, 6.45) is 4.41. The number of nitrogens with two attached hydrogens (primary N) is 1. The predicted octanol–water partition coefficient (Wildman–Crippen LogP) is 2.36. The molecule has 0 saturated heterocycles. The van der Waals surface area contributed by atoms with Crippen LogP contribution in [0.5, 0.6) is 0 Å². The number of carbonyl (C=O) groups is 1. The van der Waals surface area contributed by atoms with Gasteiger partial charge in [0.1, 0.15) is 4.88 Å². The lowest BCUT2D eigenvalue weighted by molar-refractivity contribution is 0.0952. The molecular formula is C11H17ClN2OS2. The van der Waals surface area contributed by atoms with Gasteiger partial charge < -0.3 is 11.1 Å². The fraction of sp³-hybridized carbons (Fsp3) is 0.545. The first kappa shape index (κ1) is 14.8. The van der Waals surface area contributed by atoms with E-state index in [1.54, 1.807) is 11.8 Å². The van der Waals surface area contributed by atoms with Crippen molar-refractivity contribution in [1.29, 1.82) is 0 Å². The quantitative estimate of drug-likeness (QED) is 0.819. The van der Waals surface area contributed by atoms with Gasteiger partial charge in [0.2, 0.25) is 0 Å². The van der Waals surface area contributed by atoms with E-state index in [4.69, 9.17) is 5.73 Å². The molecule has 0 radical (unpaired) electrons. The lowest BCUT2D eigenvalue weighted by Gasteiger charge is -2.11. The van der Waals surface area contributed by atoms with Crippen molar-refractivity contribution in [3.63, 3.8) is 0 Å². The van der Waals surface area contributed by atoms with Crippen molar-refractivity contribution in [1.82, 2.24) is 5.32 Å². The summed E-state index contributed by atoms with van der Waals surface area (Å²) in [5.41, 5.74) is 5.93. The van der Waals surface area contributed by atoms with Gasteiger partial charge in [-0.2, -0.15) is 0 Å². The number of nitrogens with one attached hydrogen (secondary N) is 1. The number of hydrogen-bond acceptors (Lipinski definition) is 4. The molecule has 0 aliphatic heterocycles. The Morgan fingerprint density at radius 2 is 2.41 bits per heavy atom. The van der Waals surface area contributed by atoms with E-state index in [0.717, 1.165) is 9.77 Å². The fourth-order valence-corrected chi connectivity index (χ4v) is 3.27. The number of rotatable bonds is 5. The SMILES string of the molecule is CSc1ccsc1C(=O)NCC(N)C1CC1.Cl. The molecule has 1 atom stereocenters. The minimum atomic E-state index is 0. The highest BCUT2D eigenvalue weighted by Gasteiger charge is 2.28. The molecule has 1 heterocycles. The van der Waals surface area contributed by atoms with Crippen molar-refractivity contribution in [2.24, 2.45) is 11.7 Å².